The highest BCUT2D eigenvalue weighted by atomic mass is 35.5. The minimum absolute atomic E-state index is 0.171. The molecule has 2 aromatic rings. The van der Waals surface area contributed by atoms with Crippen LogP contribution in [-0.2, 0) is 13.0 Å². The second-order valence-corrected chi connectivity index (χ2v) is 5.55. The van der Waals surface area contributed by atoms with Gasteiger partial charge in [-0.15, -0.1) is 6.58 Å². The van der Waals surface area contributed by atoms with Crippen molar-refractivity contribution in [1.82, 2.24) is 0 Å². The van der Waals surface area contributed by atoms with Gasteiger partial charge in [-0.3, -0.25) is 0 Å². The van der Waals surface area contributed by atoms with E-state index in [0.29, 0.717) is 23.7 Å². The number of allylic oxidation sites excluding steroid dienone is 1. The van der Waals surface area contributed by atoms with Crippen molar-refractivity contribution in [2.75, 3.05) is 12.4 Å². The highest BCUT2D eigenvalue weighted by molar-refractivity contribution is 6.30. The number of phenols is 1. The molecule has 0 saturated heterocycles. The lowest BCUT2D eigenvalue weighted by molar-refractivity contribution is 0.370. The van der Waals surface area contributed by atoms with Crippen molar-refractivity contribution in [3.8, 4) is 11.5 Å². The van der Waals surface area contributed by atoms with E-state index in [4.69, 9.17) is 16.3 Å². The molecule has 0 amide bonds. The third kappa shape index (κ3) is 3.74. The standard InChI is InChI=1S/C18H20ClNO2/c1-4-5-14-8-13(9-17(22-3)18(14)21)11-20-16-10-15(19)7-6-12(16)2/h4,6-10,20-21H,1,5,11H2,2-3H3. The summed E-state index contributed by atoms with van der Waals surface area (Å²) in [7, 11) is 1.55. The number of halogens is 1. The average molecular weight is 318 g/mol. The lowest BCUT2D eigenvalue weighted by Crippen LogP contribution is -2.02. The largest absolute Gasteiger partial charge is 0.504 e. The topological polar surface area (TPSA) is 41.5 Å². The number of phenolic OH excluding ortho intramolecular Hbond substituents is 1. The number of benzene rings is 2. The first-order valence-corrected chi connectivity index (χ1v) is 7.42. The molecule has 0 heterocycles. The van der Waals surface area contributed by atoms with Gasteiger partial charge in [0, 0.05) is 22.8 Å². The lowest BCUT2D eigenvalue weighted by Gasteiger charge is -2.14. The zero-order valence-electron chi connectivity index (χ0n) is 12.8. The summed E-state index contributed by atoms with van der Waals surface area (Å²) in [4.78, 5) is 0. The Bertz CT molecular complexity index is 683. The lowest BCUT2D eigenvalue weighted by atomic mass is 10.1. The number of rotatable bonds is 6. The van der Waals surface area contributed by atoms with Gasteiger partial charge < -0.3 is 15.2 Å². The van der Waals surface area contributed by atoms with Gasteiger partial charge >= 0.3 is 0 Å². The molecule has 0 aromatic heterocycles. The van der Waals surface area contributed by atoms with Crippen LogP contribution in [0, 0.1) is 6.92 Å². The Hall–Kier alpha value is -2.13. The van der Waals surface area contributed by atoms with Gasteiger partial charge in [0.25, 0.3) is 0 Å². The molecule has 0 spiro atoms. The van der Waals surface area contributed by atoms with Gasteiger partial charge in [0.05, 0.1) is 7.11 Å². The third-order valence-electron chi connectivity index (χ3n) is 3.48. The van der Waals surface area contributed by atoms with Crippen LogP contribution in [-0.4, -0.2) is 12.2 Å². The highest BCUT2D eigenvalue weighted by Crippen LogP contribution is 2.32. The molecule has 0 aliphatic carbocycles. The molecular weight excluding hydrogens is 298 g/mol. The maximum absolute atomic E-state index is 10.1. The molecule has 0 fully saturated rings. The van der Waals surface area contributed by atoms with Crippen LogP contribution in [0.15, 0.2) is 43.0 Å². The zero-order valence-corrected chi connectivity index (χ0v) is 13.6. The van der Waals surface area contributed by atoms with Gasteiger partial charge in [-0.25, -0.2) is 0 Å². The first-order valence-electron chi connectivity index (χ1n) is 7.04. The average Bonchev–Trinajstić information content (AvgIpc) is 2.51. The number of hydrogen-bond acceptors (Lipinski definition) is 3. The molecule has 0 radical (unpaired) electrons. The van der Waals surface area contributed by atoms with Crippen LogP contribution in [0.1, 0.15) is 16.7 Å². The molecule has 0 unspecified atom stereocenters. The van der Waals surface area contributed by atoms with E-state index in [-0.39, 0.29) is 5.75 Å². The normalized spacial score (nSPS) is 10.3. The van der Waals surface area contributed by atoms with Crippen molar-refractivity contribution in [3.05, 3.63) is 64.7 Å². The smallest absolute Gasteiger partial charge is 0.161 e. The van der Waals surface area contributed by atoms with Crippen LogP contribution >= 0.6 is 11.6 Å². The second-order valence-electron chi connectivity index (χ2n) is 5.11. The van der Waals surface area contributed by atoms with E-state index in [1.165, 1.54) is 0 Å². The van der Waals surface area contributed by atoms with E-state index in [1.807, 2.05) is 37.3 Å². The van der Waals surface area contributed by atoms with Crippen molar-refractivity contribution < 1.29 is 9.84 Å². The Morgan fingerprint density at radius 1 is 1.32 bits per heavy atom. The first kappa shape index (κ1) is 16.2. The number of nitrogens with one attached hydrogen (secondary N) is 1. The van der Waals surface area contributed by atoms with Crippen molar-refractivity contribution in [2.24, 2.45) is 0 Å². The predicted octanol–water partition coefficient (Wildman–Crippen LogP) is 4.70. The molecule has 0 aliphatic heterocycles. The molecule has 22 heavy (non-hydrogen) atoms. The molecule has 4 heteroatoms. The van der Waals surface area contributed by atoms with E-state index >= 15 is 0 Å². The summed E-state index contributed by atoms with van der Waals surface area (Å²) < 4.78 is 5.23. The Balaban J connectivity index is 2.23. The fourth-order valence-corrected chi connectivity index (χ4v) is 2.45. The molecule has 0 saturated carbocycles. The molecule has 2 aromatic carbocycles. The first-order chi connectivity index (χ1) is 10.5. The predicted molar refractivity (Wildman–Crippen MR) is 92.1 cm³/mol. The van der Waals surface area contributed by atoms with E-state index in [2.05, 4.69) is 11.9 Å². The summed E-state index contributed by atoms with van der Waals surface area (Å²) in [6.07, 6.45) is 2.35. The van der Waals surface area contributed by atoms with Crippen molar-refractivity contribution in [1.29, 1.82) is 0 Å². The van der Waals surface area contributed by atoms with E-state index in [9.17, 15) is 5.11 Å². The number of aryl methyl sites for hydroxylation is 1. The fraction of sp³-hybridized carbons (Fsp3) is 0.222. The van der Waals surface area contributed by atoms with Crippen molar-refractivity contribution >= 4 is 17.3 Å². The molecule has 0 atom stereocenters. The van der Waals surface area contributed by atoms with Crippen molar-refractivity contribution in [2.45, 2.75) is 19.9 Å². The van der Waals surface area contributed by atoms with Gasteiger partial charge in [0.2, 0.25) is 0 Å². The van der Waals surface area contributed by atoms with E-state index in [0.717, 1.165) is 22.4 Å². The molecular formula is C18H20ClNO2. The zero-order chi connectivity index (χ0) is 16.1. The van der Waals surface area contributed by atoms with E-state index in [1.54, 1.807) is 13.2 Å². The van der Waals surface area contributed by atoms with Crippen LogP contribution < -0.4 is 10.1 Å². The Morgan fingerprint density at radius 3 is 2.77 bits per heavy atom. The molecule has 0 bridgehead atoms. The van der Waals surface area contributed by atoms with Gasteiger partial charge in [-0.05, 0) is 48.7 Å². The van der Waals surface area contributed by atoms with Gasteiger partial charge in [-0.1, -0.05) is 23.7 Å². The summed E-state index contributed by atoms with van der Waals surface area (Å²) in [5.74, 6) is 0.643. The van der Waals surface area contributed by atoms with Gasteiger partial charge in [0.1, 0.15) is 0 Å². The van der Waals surface area contributed by atoms with Crippen LogP contribution in [0.5, 0.6) is 11.5 Å². The Labute approximate surface area is 136 Å². The fourth-order valence-electron chi connectivity index (χ4n) is 2.28. The molecule has 2 N–H and O–H groups in total. The second kappa shape index (κ2) is 7.23. The molecule has 0 aliphatic rings. The minimum Gasteiger partial charge on any atom is -0.504 e. The Morgan fingerprint density at radius 2 is 2.09 bits per heavy atom. The number of ether oxygens (including phenoxy) is 1. The molecule has 3 nitrogen and oxygen atoms in total. The molecule has 116 valence electrons. The Kier molecular flexibility index (Phi) is 5.34. The number of anilines is 1. The summed E-state index contributed by atoms with van der Waals surface area (Å²) in [6, 6.07) is 9.53. The summed E-state index contributed by atoms with van der Waals surface area (Å²) in [5, 5.41) is 14.2. The SMILES string of the molecule is C=CCc1cc(CNc2cc(Cl)ccc2C)cc(OC)c1O. The number of hydrogen-bond donors (Lipinski definition) is 2. The summed E-state index contributed by atoms with van der Waals surface area (Å²) >= 11 is 6.03. The monoisotopic (exact) mass is 317 g/mol. The third-order valence-corrected chi connectivity index (χ3v) is 3.72. The van der Waals surface area contributed by atoms with Crippen molar-refractivity contribution in [3.63, 3.8) is 0 Å². The molecule has 2 rings (SSSR count). The minimum atomic E-state index is 0.171. The maximum Gasteiger partial charge on any atom is 0.161 e. The number of methoxy groups -OCH3 is 1. The van der Waals surface area contributed by atoms with E-state index < -0.39 is 0 Å². The summed E-state index contributed by atoms with van der Waals surface area (Å²) in [6.45, 7) is 6.35. The van der Waals surface area contributed by atoms with Crippen LogP contribution in [0.4, 0.5) is 5.69 Å². The summed E-state index contributed by atoms with van der Waals surface area (Å²) in [5.41, 5.74) is 3.94. The quantitative estimate of drug-likeness (QED) is 0.759. The van der Waals surface area contributed by atoms with Crippen LogP contribution in [0.3, 0.4) is 0 Å². The van der Waals surface area contributed by atoms with Crippen LogP contribution in [0.2, 0.25) is 5.02 Å². The highest BCUT2D eigenvalue weighted by Gasteiger charge is 2.10. The maximum atomic E-state index is 10.1. The van der Waals surface area contributed by atoms with Gasteiger partial charge in [0.15, 0.2) is 11.5 Å². The van der Waals surface area contributed by atoms with Gasteiger partial charge in [-0.2, -0.15) is 0 Å². The van der Waals surface area contributed by atoms with Crippen LogP contribution in [0.25, 0.3) is 0 Å². The number of aromatic hydroxyl groups is 1.